The average molecular weight is 401 g/mol. The standard InChI is InChI=1S/C20H17ClN2O5/c1-12-2-4-14(7-16(12)21)22-20(24)10-25-9-15-8-18(28-23-15)13-3-5-17-19(6-13)27-11-26-17/h2-8H,9-11H2,1H3,(H,22,24). The molecule has 0 saturated heterocycles. The number of hydrogen-bond donors (Lipinski definition) is 1. The summed E-state index contributed by atoms with van der Waals surface area (Å²) in [4.78, 5) is 12.0. The third-order valence-corrected chi connectivity index (χ3v) is 4.56. The van der Waals surface area contributed by atoms with E-state index in [0.29, 0.717) is 33.7 Å². The molecule has 0 fully saturated rings. The number of aryl methyl sites for hydroxylation is 1. The van der Waals surface area contributed by atoms with Crippen LogP contribution >= 0.6 is 11.6 Å². The van der Waals surface area contributed by atoms with E-state index >= 15 is 0 Å². The fourth-order valence-electron chi connectivity index (χ4n) is 2.68. The second-order valence-corrected chi connectivity index (χ2v) is 6.66. The summed E-state index contributed by atoms with van der Waals surface area (Å²) in [6.07, 6.45) is 0. The van der Waals surface area contributed by atoms with Gasteiger partial charge >= 0.3 is 0 Å². The number of hydrogen-bond acceptors (Lipinski definition) is 6. The molecule has 1 amide bonds. The summed E-state index contributed by atoms with van der Waals surface area (Å²) >= 11 is 6.05. The highest BCUT2D eigenvalue weighted by molar-refractivity contribution is 6.31. The zero-order valence-electron chi connectivity index (χ0n) is 15.0. The molecule has 0 aliphatic carbocycles. The van der Waals surface area contributed by atoms with Gasteiger partial charge in [-0.05, 0) is 42.8 Å². The van der Waals surface area contributed by atoms with Gasteiger partial charge in [0.15, 0.2) is 17.3 Å². The topological polar surface area (TPSA) is 82.8 Å². The average Bonchev–Trinajstić information content (AvgIpc) is 3.33. The van der Waals surface area contributed by atoms with Crippen LogP contribution in [-0.4, -0.2) is 24.5 Å². The number of benzene rings is 2. The normalized spacial score (nSPS) is 12.2. The molecule has 0 spiro atoms. The Morgan fingerprint density at radius 1 is 1.18 bits per heavy atom. The maximum atomic E-state index is 12.0. The van der Waals surface area contributed by atoms with Crippen LogP contribution in [0.4, 0.5) is 5.69 Å². The summed E-state index contributed by atoms with van der Waals surface area (Å²) in [5.41, 5.74) is 2.96. The lowest BCUT2D eigenvalue weighted by molar-refractivity contribution is -0.121. The molecule has 1 N–H and O–H groups in total. The number of ether oxygens (including phenoxy) is 3. The Morgan fingerprint density at radius 2 is 2.04 bits per heavy atom. The first-order chi connectivity index (χ1) is 13.6. The van der Waals surface area contributed by atoms with E-state index in [1.54, 1.807) is 18.2 Å². The molecule has 4 rings (SSSR count). The van der Waals surface area contributed by atoms with Crippen LogP contribution in [-0.2, 0) is 16.1 Å². The first-order valence-electron chi connectivity index (χ1n) is 8.58. The quantitative estimate of drug-likeness (QED) is 0.668. The van der Waals surface area contributed by atoms with E-state index in [9.17, 15) is 4.79 Å². The Balaban J connectivity index is 1.30. The Hall–Kier alpha value is -3.03. The van der Waals surface area contributed by atoms with Crippen molar-refractivity contribution in [3.63, 3.8) is 0 Å². The Morgan fingerprint density at radius 3 is 2.89 bits per heavy atom. The number of nitrogens with zero attached hydrogens (tertiary/aromatic N) is 1. The minimum Gasteiger partial charge on any atom is -0.454 e. The van der Waals surface area contributed by atoms with Crippen LogP contribution < -0.4 is 14.8 Å². The second kappa shape index (κ2) is 7.92. The molecule has 0 unspecified atom stereocenters. The molecule has 7 nitrogen and oxygen atoms in total. The molecule has 0 atom stereocenters. The summed E-state index contributed by atoms with van der Waals surface area (Å²) in [5, 5.41) is 7.30. The molecule has 144 valence electrons. The number of amides is 1. The van der Waals surface area contributed by atoms with Crippen molar-refractivity contribution in [3.8, 4) is 22.8 Å². The molecule has 0 saturated carbocycles. The van der Waals surface area contributed by atoms with Crippen molar-refractivity contribution < 1.29 is 23.5 Å². The third kappa shape index (κ3) is 4.11. The van der Waals surface area contributed by atoms with Crippen molar-refractivity contribution in [2.75, 3.05) is 18.7 Å². The number of fused-ring (bicyclic) bond motifs is 1. The summed E-state index contributed by atoms with van der Waals surface area (Å²) in [7, 11) is 0. The lowest BCUT2D eigenvalue weighted by Gasteiger charge is -2.07. The Labute approximate surface area is 166 Å². The minimum absolute atomic E-state index is 0.113. The van der Waals surface area contributed by atoms with Gasteiger partial charge in [0.1, 0.15) is 12.3 Å². The van der Waals surface area contributed by atoms with Gasteiger partial charge in [-0.3, -0.25) is 4.79 Å². The van der Waals surface area contributed by atoms with Crippen molar-refractivity contribution >= 4 is 23.2 Å². The SMILES string of the molecule is Cc1ccc(NC(=O)COCc2cc(-c3ccc4c(c3)OCO4)on2)cc1Cl. The van der Waals surface area contributed by atoms with E-state index < -0.39 is 0 Å². The van der Waals surface area contributed by atoms with Gasteiger partial charge in [0.05, 0.1) is 6.61 Å². The summed E-state index contributed by atoms with van der Waals surface area (Å²) < 4.78 is 21.4. The van der Waals surface area contributed by atoms with E-state index in [0.717, 1.165) is 11.1 Å². The van der Waals surface area contributed by atoms with Gasteiger partial charge < -0.3 is 24.1 Å². The monoisotopic (exact) mass is 400 g/mol. The fraction of sp³-hybridized carbons (Fsp3) is 0.200. The van der Waals surface area contributed by atoms with Crippen molar-refractivity contribution in [2.24, 2.45) is 0 Å². The van der Waals surface area contributed by atoms with Gasteiger partial charge in [-0.2, -0.15) is 0 Å². The van der Waals surface area contributed by atoms with Gasteiger partial charge in [-0.15, -0.1) is 0 Å². The summed E-state index contributed by atoms with van der Waals surface area (Å²) in [6, 6.07) is 12.6. The zero-order chi connectivity index (χ0) is 19.5. The first kappa shape index (κ1) is 18.3. The highest BCUT2D eigenvalue weighted by Crippen LogP contribution is 2.36. The maximum absolute atomic E-state index is 12.0. The van der Waals surface area contributed by atoms with E-state index in [-0.39, 0.29) is 25.9 Å². The lowest BCUT2D eigenvalue weighted by Crippen LogP contribution is -2.18. The predicted molar refractivity (Wildman–Crippen MR) is 103 cm³/mol. The highest BCUT2D eigenvalue weighted by Gasteiger charge is 2.16. The highest BCUT2D eigenvalue weighted by atomic mass is 35.5. The van der Waals surface area contributed by atoms with Gasteiger partial charge in [0.25, 0.3) is 0 Å². The van der Waals surface area contributed by atoms with E-state index in [1.807, 2.05) is 31.2 Å². The van der Waals surface area contributed by atoms with Crippen molar-refractivity contribution in [2.45, 2.75) is 13.5 Å². The van der Waals surface area contributed by atoms with Gasteiger partial charge in [0, 0.05) is 22.3 Å². The third-order valence-electron chi connectivity index (χ3n) is 4.15. The molecule has 8 heteroatoms. The summed E-state index contributed by atoms with van der Waals surface area (Å²) in [6.45, 7) is 2.14. The largest absolute Gasteiger partial charge is 0.454 e. The van der Waals surface area contributed by atoms with E-state index in [1.165, 1.54) is 0 Å². The van der Waals surface area contributed by atoms with Crippen LogP contribution in [0.2, 0.25) is 5.02 Å². The van der Waals surface area contributed by atoms with Gasteiger partial charge in [-0.25, -0.2) is 0 Å². The molecule has 2 aromatic carbocycles. The van der Waals surface area contributed by atoms with Crippen LogP contribution in [0.15, 0.2) is 47.0 Å². The minimum atomic E-state index is -0.278. The number of rotatable bonds is 6. The summed E-state index contributed by atoms with van der Waals surface area (Å²) in [5.74, 6) is 1.67. The van der Waals surface area contributed by atoms with Crippen LogP contribution in [0.3, 0.4) is 0 Å². The number of nitrogens with one attached hydrogen (secondary N) is 1. The smallest absolute Gasteiger partial charge is 0.250 e. The molecular weight excluding hydrogens is 384 g/mol. The Bertz CT molecular complexity index is 1020. The predicted octanol–water partition coefficient (Wildman–Crippen LogP) is 4.19. The number of aromatic nitrogens is 1. The van der Waals surface area contributed by atoms with Gasteiger partial charge in [-0.1, -0.05) is 22.8 Å². The number of carbonyl (C=O) groups excluding carboxylic acids is 1. The van der Waals surface area contributed by atoms with Gasteiger partial charge in [0.2, 0.25) is 12.7 Å². The molecule has 0 radical (unpaired) electrons. The molecule has 1 aliphatic heterocycles. The zero-order valence-corrected chi connectivity index (χ0v) is 15.8. The first-order valence-corrected chi connectivity index (χ1v) is 8.95. The van der Waals surface area contributed by atoms with Crippen LogP contribution in [0.25, 0.3) is 11.3 Å². The van der Waals surface area contributed by atoms with E-state index in [2.05, 4.69) is 10.5 Å². The molecular formula is C20H17ClN2O5. The molecule has 28 heavy (non-hydrogen) atoms. The maximum Gasteiger partial charge on any atom is 0.250 e. The van der Waals surface area contributed by atoms with Crippen molar-refractivity contribution in [3.05, 3.63) is 58.7 Å². The molecule has 1 aromatic heterocycles. The lowest BCUT2D eigenvalue weighted by atomic mass is 10.1. The van der Waals surface area contributed by atoms with E-state index in [4.69, 9.17) is 30.3 Å². The number of halogens is 1. The van der Waals surface area contributed by atoms with Crippen LogP contribution in [0, 0.1) is 6.92 Å². The van der Waals surface area contributed by atoms with Crippen molar-refractivity contribution in [1.82, 2.24) is 5.16 Å². The molecule has 3 aromatic rings. The molecule has 1 aliphatic rings. The number of carbonyl (C=O) groups is 1. The van der Waals surface area contributed by atoms with Crippen LogP contribution in [0.5, 0.6) is 11.5 Å². The molecule has 0 bridgehead atoms. The second-order valence-electron chi connectivity index (χ2n) is 6.26. The Kier molecular flexibility index (Phi) is 5.18. The fourth-order valence-corrected chi connectivity index (χ4v) is 2.86. The van der Waals surface area contributed by atoms with Crippen molar-refractivity contribution in [1.29, 1.82) is 0 Å². The number of anilines is 1. The van der Waals surface area contributed by atoms with Crippen LogP contribution in [0.1, 0.15) is 11.3 Å². The molecule has 2 heterocycles.